The molecule has 236 valence electrons. The summed E-state index contributed by atoms with van der Waals surface area (Å²) >= 11 is 0. The molecule has 0 N–H and O–H groups in total. The minimum Gasteiger partial charge on any atom is -0.374 e. The molecule has 1 saturated carbocycles. The van der Waals surface area contributed by atoms with E-state index in [2.05, 4.69) is 0 Å². The second-order valence-corrected chi connectivity index (χ2v) is 12.9. The van der Waals surface area contributed by atoms with Gasteiger partial charge in [-0.15, -0.1) is 4.52 Å². The molecule has 0 radical (unpaired) electrons. The first-order valence-electron chi connectivity index (χ1n) is 16.0. The average molecular weight is 622 g/mol. The first kappa shape index (κ1) is 32.9. The summed E-state index contributed by atoms with van der Waals surface area (Å²) in [5.74, 6) is 0. The molecular weight excluding hydrogens is 575 g/mol. The van der Waals surface area contributed by atoms with Crippen molar-refractivity contribution in [3.63, 3.8) is 0 Å². The molecule has 2 aliphatic rings. The van der Waals surface area contributed by atoms with Crippen LogP contribution in [0.2, 0.25) is 0 Å². The fourth-order valence-corrected chi connectivity index (χ4v) is 6.75. The van der Waals surface area contributed by atoms with Crippen LogP contribution < -0.4 is 0 Å². The second-order valence-electron chi connectivity index (χ2n) is 11.6. The topological polar surface area (TPSA) is 72.5 Å². The Morgan fingerprint density at radius 2 is 1.25 bits per heavy atom. The summed E-state index contributed by atoms with van der Waals surface area (Å²) in [6.07, 6.45) is 3.45. The standard InChI is InChI=1S/C36H46O7P/c1-2-23-44(37)43-35-34(40-26-30-19-11-5-12-20-30)33(39-25-29-17-9-4-10-18-29)32(27-38-24-28-15-7-3-8-16-28)42-36(35)41-31-21-13-6-14-22-31/h3-5,7-12,15-20,31-36H,2,6,13-14,21-27H2,1H3/q+1/t32-,33-,34+,35-,36+/m1/s1. The van der Waals surface area contributed by atoms with Gasteiger partial charge in [-0.1, -0.05) is 117 Å². The quantitative estimate of drug-likeness (QED) is 0.150. The third-order valence-corrected chi connectivity index (χ3v) is 9.37. The summed E-state index contributed by atoms with van der Waals surface area (Å²) in [6.45, 7) is 3.42. The van der Waals surface area contributed by atoms with Crippen LogP contribution in [-0.4, -0.2) is 49.6 Å². The Bertz CT molecular complexity index is 1220. The summed E-state index contributed by atoms with van der Waals surface area (Å²) < 4.78 is 52.4. The Morgan fingerprint density at radius 3 is 1.82 bits per heavy atom. The highest BCUT2D eigenvalue weighted by molar-refractivity contribution is 7.39. The maximum absolute atomic E-state index is 13.2. The van der Waals surface area contributed by atoms with Crippen molar-refractivity contribution in [3.8, 4) is 0 Å². The number of hydrogen-bond acceptors (Lipinski definition) is 7. The number of hydrogen-bond donors (Lipinski definition) is 0. The van der Waals surface area contributed by atoms with E-state index in [9.17, 15) is 4.57 Å². The fourth-order valence-electron chi connectivity index (χ4n) is 5.79. The smallest absolute Gasteiger partial charge is 0.374 e. The SMILES string of the molecule is CCC[P+](=O)O[C@H]1[C@@H](OC2CCCCC2)O[C@H](COCc2ccccc2)[C@@H](OCc2ccccc2)[C@@H]1OCc1ccccc1. The first-order chi connectivity index (χ1) is 21.7. The lowest BCUT2D eigenvalue weighted by Crippen LogP contribution is -2.62. The van der Waals surface area contributed by atoms with Crippen molar-refractivity contribution >= 4 is 8.03 Å². The summed E-state index contributed by atoms with van der Waals surface area (Å²) in [6, 6.07) is 30.2. The molecule has 0 spiro atoms. The Balaban J connectivity index is 1.43. The van der Waals surface area contributed by atoms with Gasteiger partial charge in [-0.3, -0.25) is 0 Å². The van der Waals surface area contributed by atoms with Gasteiger partial charge < -0.3 is 23.7 Å². The predicted octanol–water partition coefficient (Wildman–Crippen LogP) is 7.99. The molecular formula is C36H46O7P+. The van der Waals surface area contributed by atoms with Gasteiger partial charge in [-0.2, -0.15) is 0 Å². The van der Waals surface area contributed by atoms with Crippen molar-refractivity contribution in [1.82, 2.24) is 0 Å². The van der Waals surface area contributed by atoms with Crippen LogP contribution in [0, 0.1) is 0 Å². The molecule has 5 rings (SSSR count). The van der Waals surface area contributed by atoms with Gasteiger partial charge in [0.2, 0.25) is 0 Å². The molecule has 6 atom stereocenters. The van der Waals surface area contributed by atoms with Crippen molar-refractivity contribution in [1.29, 1.82) is 0 Å². The lowest BCUT2D eigenvalue weighted by molar-refractivity contribution is -0.323. The summed E-state index contributed by atoms with van der Waals surface area (Å²) in [5, 5.41) is 0. The predicted molar refractivity (Wildman–Crippen MR) is 170 cm³/mol. The molecule has 8 heteroatoms. The Hall–Kier alpha value is -2.48. The van der Waals surface area contributed by atoms with Crippen LogP contribution in [0.1, 0.15) is 62.1 Å². The molecule has 1 heterocycles. The summed E-state index contributed by atoms with van der Waals surface area (Å²) in [7, 11) is -1.95. The summed E-state index contributed by atoms with van der Waals surface area (Å²) in [5.41, 5.74) is 3.14. The van der Waals surface area contributed by atoms with Gasteiger partial charge in [0.15, 0.2) is 18.6 Å². The van der Waals surface area contributed by atoms with Gasteiger partial charge in [-0.05, 0) is 40.5 Å². The molecule has 1 aliphatic carbocycles. The van der Waals surface area contributed by atoms with E-state index in [0.29, 0.717) is 26.0 Å². The van der Waals surface area contributed by atoms with Crippen molar-refractivity contribution in [3.05, 3.63) is 108 Å². The van der Waals surface area contributed by atoms with Crippen LogP contribution in [0.4, 0.5) is 0 Å². The molecule has 2 fully saturated rings. The zero-order valence-corrected chi connectivity index (χ0v) is 26.6. The molecule has 3 aromatic carbocycles. The van der Waals surface area contributed by atoms with Crippen molar-refractivity contribution in [2.75, 3.05) is 12.8 Å². The average Bonchev–Trinajstić information content (AvgIpc) is 3.06. The highest BCUT2D eigenvalue weighted by Crippen LogP contribution is 2.38. The molecule has 1 unspecified atom stereocenters. The zero-order valence-electron chi connectivity index (χ0n) is 25.7. The second kappa shape index (κ2) is 17.9. The number of rotatable bonds is 16. The van der Waals surface area contributed by atoms with Gasteiger partial charge in [-0.25, -0.2) is 0 Å². The van der Waals surface area contributed by atoms with Crippen LogP contribution in [0.25, 0.3) is 0 Å². The molecule has 7 nitrogen and oxygen atoms in total. The van der Waals surface area contributed by atoms with Crippen LogP contribution in [0.15, 0.2) is 91.0 Å². The third-order valence-electron chi connectivity index (χ3n) is 8.08. The zero-order chi connectivity index (χ0) is 30.4. The largest absolute Gasteiger partial charge is 0.508 e. The van der Waals surface area contributed by atoms with E-state index >= 15 is 0 Å². The van der Waals surface area contributed by atoms with E-state index in [-0.39, 0.29) is 12.7 Å². The minimum absolute atomic E-state index is 0.0475. The molecule has 1 aliphatic heterocycles. The molecule has 44 heavy (non-hydrogen) atoms. The van der Waals surface area contributed by atoms with Crippen LogP contribution in [0.3, 0.4) is 0 Å². The third kappa shape index (κ3) is 10.0. The van der Waals surface area contributed by atoms with E-state index in [1.807, 2.05) is 97.9 Å². The highest BCUT2D eigenvalue weighted by atomic mass is 31.1. The van der Waals surface area contributed by atoms with Crippen molar-refractivity contribution in [2.45, 2.75) is 102 Å². The van der Waals surface area contributed by atoms with Crippen LogP contribution in [0.5, 0.6) is 0 Å². The maximum atomic E-state index is 13.2. The van der Waals surface area contributed by atoms with E-state index in [0.717, 1.165) is 48.8 Å². The van der Waals surface area contributed by atoms with Crippen molar-refractivity contribution < 1.29 is 32.8 Å². The molecule has 3 aromatic rings. The van der Waals surface area contributed by atoms with Gasteiger partial charge >= 0.3 is 8.03 Å². The molecule has 0 bridgehead atoms. The van der Waals surface area contributed by atoms with Gasteiger partial charge in [0, 0.05) is 0 Å². The first-order valence-corrected chi connectivity index (χ1v) is 17.4. The van der Waals surface area contributed by atoms with E-state index in [1.165, 1.54) is 6.42 Å². The Morgan fingerprint density at radius 1 is 0.705 bits per heavy atom. The Labute approximate surface area is 263 Å². The Kier molecular flexibility index (Phi) is 13.4. The van der Waals surface area contributed by atoms with Crippen molar-refractivity contribution in [2.24, 2.45) is 0 Å². The van der Waals surface area contributed by atoms with Gasteiger partial charge in [0.25, 0.3) is 0 Å². The monoisotopic (exact) mass is 621 g/mol. The molecule has 1 saturated heterocycles. The summed E-state index contributed by atoms with van der Waals surface area (Å²) in [4.78, 5) is 0. The fraction of sp³-hybridized carbons (Fsp3) is 0.500. The highest BCUT2D eigenvalue weighted by Gasteiger charge is 2.53. The van der Waals surface area contributed by atoms with E-state index in [1.54, 1.807) is 0 Å². The normalized spacial score (nSPS) is 24.7. The lowest BCUT2D eigenvalue weighted by atomic mass is 9.96. The lowest BCUT2D eigenvalue weighted by Gasteiger charge is -2.45. The van der Waals surface area contributed by atoms with Crippen LogP contribution in [-0.2, 0) is 52.6 Å². The van der Waals surface area contributed by atoms with E-state index < -0.39 is 38.7 Å². The number of ether oxygens (including phenoxy) is 5. The van der Waals surface area contributed by atoms with Gasteiger partial charge in [0.1, 0.15) is 18.3 Å². The molecule has 0 amide bonds. The number of benzene rings is 3. The molecule has 0 aromatic heterocycles. The van der Waals surface area contributed by atoms with Gasteiger partial charge in [0.05, 0.1) is 32.5 Å². The van der Waals surface area contributed by atoms with Crippen LogP contribution >= 0.6 is 8.03 Å². The van der Waals surface area contributed by atoms with E-state index in [4.69, 9.17) is 28.2 Å². The minimum atomic E-state index is -1.95. The maximum Gasteiger partial charge on any atom is 0.508 e.